The van der Waals surface area contributed by atoms with Crippen molar-refractivity contribution in [2.45, 2.75) is 13.0 Å². The summed E-state index contributed by atoms with van der Waals surface area (Å²) in [5, 5.41) is 6.57. The van der Waals surface area contributed by atoms with Crippen LogP contribution in [0.4, 0.5) is 10.1 Å². The highest BCUT2D eigenvalue weighted by Crippen LogP contribution is 2.17. The lowest BCUT2D eigenvalue weighted by molar-refractivity contribution is 0.414. The van der Waals surface area contributed by atoms with Crippen LogP contribution >= 0.6 is 12.2 Å². The standard InChI is InChI=1S/C16H17FN2OS/c1-11(12-6-8-15(20-2)9-7-12)18-16(21)19-14-5-3-4-13(17)10-14/h3-11H,1-2H3,(H2,18,19,21). The lowest BCUT2D eigenvalue weighted by Gasteiger charge is -2.17. The Labute approximate surface area is 129 Å². The molecule has 0 aliphatic heterocycles. The van der Waals surface area contributed by atoms with Gasteiger partial charge >= 0.3 is 0 Å². The van der Waals surface area contributed by atoms with Gasteiger partial charge in [0.05, 0.1) is 13.2 Å². The second kappa shape index (κ2) is 7.04. The first-order chi connectivity index (χ1) is 10.1. The van der Waals surface area contributed by atoms with Crippen molar-refractivity contribution in [3.63, 3.8) is 0 Å². The molecule has 2 aromatic rings. The fourth-order valence-electron chi connectivity index (χ4n) is 1.91. The molecule has 3 nitrogen and oxygen atoms in total. The smallest absolute Gasteiger partial charge is 0.171 e. The minimum absolute atomic E-state index is 0.0319. The summed E-state index contributed by atoms with van der Waals surface area (Å²) in [6, 6.07) is 14.0. The van der Waals surface area contributed by atoms with Crippen molar-refractivity contribution in [1.29, 1.82) is 0 Å². The number of benzene rings is 2. The predicted molar refractivity (Wildman–Crippen MR) is 87.2 cm³/mol. The molecule has 1 unspecified atom stereocenters. The maximum Gasteiger partial charge on any atom is 0.171 e. The van der Waals surface area contributed by atoms with Crippen molar-refractivity contribution < 1.29 is 9.13 Å². The Morgan fingerprint density at radius 2 is 1.90 bits per heavy atom. The van der Waals surface area contributed by atoms with E-state index in [9.17, 15) is 4.39 Å². The van der Waals surface area contributed by atoms with Crippen molar-refractivity contribution in [3.8, 4) is 5.75 Å². The van der Waals surface area contributed by atoms with Crippen LogP contribution in [-0.2, 0) is 0 Å². The lowest BCUT2D eigenvalue weighted by Crippen LogP contribution is -2.30. The van der Waals surface area contributed by atoms with Gasteiger partial charge in [-0.15, -0.1) is 0 Å². The molecule has 0 aromatic heterocycles. The van der Waals surface area contributed by atoms with Gasteiger partial charge in [0, 0.05) is 5.69 Å². The van der Waals surface area contributed by atoms with Crippen molar-refractivity contribution in [1.82, 2.24) is 5.32 Å². The first-order valence-electron chi connectivity index (χ1n) is 6.55. The van der Waals surface area contributed by atoms with E-state index in [-0.39, 0.29) is 11.9 Å². The molecule has 110 valence electrons. The predicted octanol–water partition coefficient (Wildman–Crippen LogP) is 3.88. The van der Waals surface area contributed by atoms with E-state index in [1.807, 2.05) is 31.2 Å². The third-order valence-corrected chi connectivity index (χ3v) is 3.27. The zero-order chi connectivity index (χ0) is 15.2. The van der Waals surface area contributed by atoms with E-state index in [1.54, 1.807) is 19.2 Å². The third kappa shape index (κ3) is 4.43. The van der Waals surface area contributed by atoms with Crippen molar-refractivity contribution in [2.24, 2.45) is 0 Å². The number of halogens is 1. The van der Waals surface area contributed by atoms with Crippen LogP contribution in [0, 0.1) is 5.82 Å². The monoisotopic (exact) mass is 304 g/mol. The Kier molecular flexibility index (Phi) is 5.11. The van der Waals surface area contributed by atoms with Gasteiger partial charge in [-0.05, 0) is 55.0 Å². The molecule has 0 saturated heterocycles. The van der Waals surface area contributed by atoms with E-state index in [0.29, 0.717) is 10.8 Å². The Balaban J connectivity index is 1.95. The van der Waals surface area contributed by atoms with E-state index < -0.39 is 0 Å². The van der Waals surface area contributed by atoms with Crippen LogP contribution in [0.3, 0.4) is 0 Å². The second-order valence-electron chi connectivity index (χ2n) is 4.60. The molecule has 1 atom stereocenters. The van der Waals surface area contributed by atoms with E-state index >= 15 is 0 Å². The number of ether oxygens (including phenoxy) is 1. The normalized spacial score (nSPS) is 11.6. The molecule has 2 aromatic carbocycles. The van der Waals surface area contributed by atoms with Gasteiger partial charge in [0.15, 0.2) is 5.11 Å². The van der Waals surface area contributed by atoms with Gasteiger partial charge in [-0.2, -0.15) is 0 Å². The van der Waals surface area contributed by atoms with E-state index in [1.165, 1.54) is 12.1 Å². The Bertz CT molecular complexity index is 616. The van der Waals surface area contributed by atoms with Gasteiger partial charge in [-0.25, -0.2) is 4.39 Å². The molecule has 0 amide bonds. The molecular formula is C16H17FN2OS. The highest BCUT2D eigenvalue weighted by molar-refractivity contribution is 7.80. The molecule has 0 bridgehead atoms. The Hall–Kier alpha value is -2.14. The molecule has 0 spiro atoms. The van der Waals surface area contributed by atoms with E-state index in [4.69, 9.17) is 17.0 Å². The largest absolute Gasteiger partial charge is 0.497 e. The number of nitrogens with one attached hydrogen (secondary N) is 2. The summed E-state index contributed by atoms with van der Waals surface area (Å²) in [6.07, 6.45) is 0. The van der Waals surface area contributed by atoms with Crippen LogP contribution in [0.2, 0.25) is 0 Å². The third-order valence-electron chi connectivity index (χ3n) is 3.05. The van der Waals surface area contributed by atoms with Gasteiger partial charge in [-0.1, -0.05) is 18.2 Å². The van der Waals surface area contributed by atoms with Gasteiger partial charge in [0.2, 0.25) is 0 Å². The molecule has 0 aliphatic carbocycles. The summed E-state index contributed by atoms with van der Waals surface area (Å²) in [7, 11) is 1.63. The van der Waals surface area contributed by atoms with Gasteiger partial charge in [0.25, 0.3) is 0 Å². The van der Waals surface area contributed by atoms with Gasteiger partial charge < -0.3 is 15.4 Å². The molecule has 0 heterocycles. The molecule has 0 aliphatic rings. The van der Waals surface area contributed by atoms with E-state index in [0.717, 1.165) is 11.3 Å². The summed E-state index contributed by atoms with van der Waals surface area (Å²) in [5.41, 5.74) is 1.70. The van der Waals surface area contributed by atoms with Crippen molar-refractivity contribution in [3.05, 3.63) is 59.9 Å². The average Bonchev–Trinajstić information content (AvgIpc) is 2.47. The fraction of sp³-hybridized carbons (Fsp3) is 0.188. The molecule has 0 saturated carbocycles. The lowest BCUT2D eigenvalue weighted by atomic mass is 10.1. The number of thiocarbonyl (C=S) groups is 1. The maximum atomic E-state index is 13.1. The number of methoxy groups -OCH3 is 1. The molecule has 5 heteroatoms. The number of hydrogen-bond acceptors (Lipinski definition) is 2. The zero-order valence-corrected chi connectivity index (χ0v) is 12.7. The van der Waals surface area contributed by atoms with Crippen LogP contribution in [0.1, 0.15) is 18.5 Å². The van der Waals surface area contributed by atoms with E-state index in [2.05, 4.69) is 10.6 Å². The molecular weight excluding hydrogens is 287 g/mol. The van der Waals surface area contributed by atoms with Crippen LogP contribution in [0.15, 0.2) is 48.5 Å². The Morgan fingerprint density at radius 1 is 1.19 bits per heavy atom. The molecule has 0 fully saturated rings. The first kappa shape index (κ1) is 15.3. The summed E-state index contributed by atoms with van der Waals surface area (Å²) in [5.74, 6) is 0.511. The topological polar surface area (TPSA) is 33.3 Å². The first-order valence-corrected chi connectivity index (χ1v) is 6.96. The summed E-state index contributed by atoms with van der Waals surface area (Å²) in [4.78, 5) is 0. The van der Waals surface area contributed by atoms with Crippen LogP contribution in [-0.4, -0.2) is 12.2 Å². The van der Waals surface area contributed by atoms with Crippen LogP contribution in [0.5, 0.6) is 5.75 Å². The highest BCUT2D eigenvalue weighted by atomic mass is 32.1. The van der Waals surface area contributed by atoms with Gasteiger partial charge in [0.1, 0.15) is 11.6 Å². The van der Waals surface area contributed by atoms with Gasteiger partial charge in [-0.3, -0.25) is 0 Å². The van der Waals surface area contributed by atoms with Crippen molar-refractivity contribution in [2.75, 3.05) is 12.4 Å². The quantitative estimate of drug-likeness (QED) is 0.840. The molecule has 0 radical (unpaired) electrons. The minimum Gasteiger partial charge on any atom is -0.497 e. The average molecular weight is 304 g/mol. The highest BCUT2D eigenvalue weighted by Gasteiger charge is 2.07. The minimum atomic E-state index is -0.300. The summed E-state index contributed by atoms with van der Waals surface area (Å²) in [6.45, 7) is 2.00. The second-order valence-corrected chi connectivity index (χ2v) is 5.01. The van der Waals surface area contributed by atoms with Crippen LogP contribution in [0.25, 0.3) is 0 Å². The number of rotatable bonds is 4. The number of hydrogen-bond donors (Lipinski definition) is 2. The SMILES string of the molecule is COc1ccc(C(C)NC(=S)Nc2cccc(F)c2)cc1. The van der Waals surface area contributed by atoms with Crippen molar-refractivity contribution >= 4 is 23.0 Å². The molecule has 2 N–H and O–H groups in total. The molecule has 21 heavy (non-hydrogen) atoms. The fourth-order valence-corrected chi connectivity index (χ4v) is 2.20. The zero-order valence-electron chi connectivity index (χ0n) is 11.9. The number of anilines is 1. The Morgan fingerprint density at radius 3 is 2.52 bits per heavy atom. The summed E-state index contributed by atoms with van der Waals surface area (Å²) < 4.78 is 18.2. The maximum absolute atomic E-state index is 13.1. The van der Waals surface area contributed by atoms with Crippen LogP contribution < -0.4 is 15.4 Å². The summed E-state index contributed by atoms with van der Waals surface area (Å²) >= 11 is 5.23. The molecule has 2 rings (SSSR count).